The van der Waals surface area contributed by atoms with Gasteiger partial charge in [-0.25, -0.2) is 0 Å². The van der Waals surface area contributed by atoms with E-state index < -0.39 is 46.1 Å². The van der Waals surface area contributed by atoms with Crippen LogP contribution in [0.4, 0.5) is 0 Å². The van der Waals surface area contributed by atoms with E-state index in [1.807, 2.05) is 0 Å². The van der Waals surface area contributed by atoms with Gasteiger partial charge in [0.2, 0.25) is 0 Å². The smallest absolute Gasteiger partial charge is 0.907 e. The van der Waals surface area contributed by atoms with Gasteiger partial charge in [0, 0.05) is 0 Å². The second-order valence-corrected chi connectivity index (χ2v) is 8.72. The number of carbonyl (C=O) groups excluding carboxylic acids is 2. The largest absolute Gasteiger partial charge is 1.00 e. The number of hydrogen-bond acceptors (Lipinski definition) is 15. The zero-order chi connectivity index (χ0) is 24.6. The molecule has 0 aromatic carbocycles. The molecule has 0 bridgehead atoms. The van der Waals surface area contributed by atoms with Crippen LogP contribution in [0.25, 0.3) is 0 Å². The van der Waals surface area contributed by atoms with Crippen molar-refractivity contribution in [1.29, 1.82) is 0 Å². The summed E-state index contributed by atoms with van der Waals surface area (Å²) in [6.07, 6.45) is -1.00. The van der Waals surface area contributed by atoms with Crippen LogP contribution in [0.1, 0.15) is 27.7 Å². The normalized spacial score (nSPS) is 9.81. The molecule has 0 amide bonds. The summed E-state index contributed by atoms with van der Waals surface area (Å²) in [4.78, 5) is 20.1. The maximum absolute atomic E-state index is 11.4. The molecule has 37 heavy (non-hydrogen) atoms. The monoisotopic (exact) mass is 528 g/mol. The summed E-state index contributed by atoms with van der Waals surface area (Å²) >= 11 is 0. The summed E-state index contributed by atoms with van der Waals surface area (Å²) in [7, 11) is -11.7. The Morgan fingerprint density at radius 2 is 0.703 bits per heavy atom. The second kappa shape index (κ2) is 35.8. The van der Waals surface area contributed by atoms with Gasteiger partial charge in [0.15, 0.2) is 0 Å². The van der Waals surface area contributed by atoms with Crippen LogP contribution in [0.3, 0.4) is 0 Å². The Morgan fingerprint density at radius 3 is 0.784 bits per heavy atom. The first kappa shape index (κ1) is 68.0. The molecule has 0 aromatic rings. The van der Waals surface area contributed by atoms with Gasteiger partial charge in [-0.1, -0.05) is 0 Å². The maximum atomic E-state index is 11.4. The van der Waals surface area contributed by atoms with Gasteiger partial charge in [-0.05, 0) is 38.8 Å². The van der Waals surface area contributed by atoms with Crippen LogP contribution in [-0.4, -0.2) is 57.4 Å². The molecule has 0 aliphatic rings. The Balaban J connectivity index is -0.0000000368. The van der Waals surface area contributed by atoms with Gasteiger partial charge in [-0.2, -0.15) is 0 Å². The molecule has 0 saturated carbocycles. The van der Waals surface area contributed by atoms with E-state index in [1.165, 1.54) is 27.7 Å². The van der Waals surface area contributed by atoms with Crippen LogP contribution in [0.2, 0.25) is 0 Å². The van der Waals surface area contributed by atoms with Crippen LogP contribution in [0.15, 0.2) is 0 Å². The molecule has 0 rings (SSSR count). The molecule has 0 atom stereocenters. The van der Waals surface area contributed by atoms with E-state index in [4.69, 9.17) is 15.1 Å². The van der Waals surface area contributed by atoms with E-state index >= 15 is 0 Å². The molecule has 0 aromatic heterocycles. The van der Waals surface area contributed by atoms with Gasteiger partial charge in [-0.15, -0.1) is 0 Å². The number of aldehydes is 2. The summed E-state index contributed by atoms with van der Waals surface area (Å²) in [5.41, 5.74) is -7.14. The van der Waals surface area contributed by atoms with Gasteiger partial charge >= 0.3 is 147 Å². The average Bonchev–Trinajstić information content (AvgIpc) is 2.62. The molecule has 0 radical (unpaired) electrons. The van der Waals surface area contributed by atoms with E-state index in [1.54, 1.807) is 0 Å². The first-order valence-electron chi connectivity index (χ1n) is 8.10. The fourth-order valence-electron chi connectivity index (χ4n) is 1.24. The van der Waals surface area contributed by atoms with Crippen LogP contribution in [0, 0.1) is 0 Å². The van der Waals surface area contributed by atoms with Gasteiger partial charge in [0.05, 0.1) is 26.4 Å². The third-order valence-corrected chi connectivity index (χ3v) is 6.39. The summed E-state index contributed by atoms with van der Waals surface area (Å²) < 4.78 is 40.3. The van der Waals surface area contributed by atoms with E-state index in [2.05, 4.69) is 18.1 Å². The minimum Gasteiger partial charge on any atom is -0.907 e. The number of rotatable bonds is 12. The Hall–Kier alpha value is 3.61. The van der Waals surface area contributed by atoms with Crippen molar-refractivity contribution in [2.24, 2.45) is 0 Å². The van der Waals surface area contributed by atoms with Gasteiger partial charge in [-0.3, -0.25) is 16.5 Å². The minimum atomic E-state index is -4.40. The van der Waals surface area contributed by atoms with E-state index in [9.17, 15) is 39.1 Å². The average molecular weight is 528 g/mol. The molecule has 0 aliphatic carbocycles. The summed E-state index contributed by atoms with van der Waals surface area (Å²) in [5, 5.41) is 68.6. The summed E-state index contributed by atoms with van der Waals surface area (Å²) in [5.74, 6) is 0. The Kier molecular flexibility index (Phi) is 65.8. The molecule has 25 heteroatoms. The molecule has 0 unspecified atom stereocenters. The predicted octanol–water partition coefficient (Wildman–Crippen LogP) is -27.3. The number of hydrogen-bond donors (Lipinski definition) is 0. The van der Waals surface area contributed by atoms with Crippen LogP contribution >= 0.6 is 15.2 Å². The molecule has 0 fully saturated rings. The zero-order valence-electron chi connectivity index (χ0n) is 23.6. The van der Waals surface area contributed by atoms with Crippen molar-refractivity contribution in [2.45, 2.75) is 38.8 Å². The third-order valence-electron chi connectivity index (χ3n) is 2.26. The van der Waals surface area contributed by atoms with Crippen molar-refractivity contribution < 1.29 is 204 Å². The summed E-state index contributed by atoms with van der Waals surface area (Å²) in [6.45, 7) is 5.24. The quantitative estimate of drug-likeness (QED) is 0.0985. The van der Waals surface area contributed by atoms with Crippen molar-refractivity contribution in [2.75, 3.05) is 26.4 Å². The minimum absolute atomic E-state index is 0. The zero-order valence-corrected chi connectivity index (χ0v) is 25.4. The third kappa shape index (κ3) is 29.5. The summed E-state index contributed by atoms with van der Waals surface area (Å²) in [6, 6.07) is 0. The second-order valence-electron chi connectivity index (χ2n) is 4.45. The van der Waals surface area contributed by atoms with Gasteiger partial charge in [0.25, 0.3) is 0 Å². The Labute approximate surface area is 301 Å². The molecular weight excluding hydrogens is 505 g/mol. The van der Waals surface area contributed by atoms with Crippen molar-refractivity contribution in [3.05, 3.63) is 0 Å². The molecule has 15 nitrogen and oxygen atoms in total. The van der Waals surface area contributed by atoms with Gasteiger partial charge in [0.1, 0.15) is 12.6 Å². The van der Waals surface area contributed by atoms with Crippen molar-refractivity contribution in [3.8, 4) is 0 Å². The maximum Gasteiger partial charge on any atom is 1.00 e. The molecule has 0 spiro atoms. The molecular formula is C12H22BLi7O15P2. The standard InChI is InChI=1S/2C6H11O6P.BO3.7Li/c2*1-3-11-13(10,12-4-2)6(8,9)5-7;2-1(3)4;;;;;;;/h2*5H,3-4H2,1-2H3;;;;;;;;/q2*-2;-3;7*+1. The van der Waals surface area contributed by atoms with Crippen molar-refractivity contribution in [1.82, 2.24) is 0 Å². The first-order valence-corrected chi connectivity index (χ1v) is 11.2. The van der Waals surface area contributed by atoms with Crippen LogP contribution in [0.5, 0.6) is 0 Å². The van der Waals surface area contributed by atoms with Crippen LogP contribution in [-0.2, 0) is 36.8 Å². The van der Waals surface area contributed by atoms with Crippen molar-refractivity contribution >= 4 is 35.1 Å². The molecule has 0 N–H and O–H groups in total. The van der Waals surface area contributed by atoms with E-state index in [0.29, 0.717) is 0 Å². The SMILES string of the molecule is CCOP(=O)(OCC)C([O-])([O-])C=O.CCOP(=O)(OCC)C([O-])([O-])C=O.[Li+].[Li+].[Li+].[Li+].[Li+].[Li+].[Li+].[O-]B([O-])[O-]. The molecule has 0 heterocycles. The number of carbonyl (C=O) groups is 2. The molecule has 0 saturated heterocycles. The fraction of sp³-hybridized carbons (Fsp3) is 0.833. The fourth-order valence-corrected chi connectivity index (χ4v) is 3.73. The van der Waals surface area contributed by atoms with E-state index in [0.717, 1.165) is 0 Å². The van der Waals surface area contributed by atoms with Crippen molar-refractivity contribution in [3.63, 3.8) is 0 Å². The molecule has 180 valence electrons. The molecule has 0 aliphatic heterocycles. The Bertz CT molecular complexity index is 525. The van der Waals surface area contributed by atoms with Gasteiger partial charge < -0.3 is 63.2 Å². The predicted molar refractivity (Wildman–Crippen MR) is 85.1 cm³/mol. The van der Waals surface area contributed by atoms with Crippen LogP contribution < -0.4 is 168 Å². The van der Waals surface area contributed by atoms with E-state index in [-0.39, 0.29) is 158 Å². The topological polar surface area (TPSA) is 267 Å². The first-order chi connectivity index (χ1) is 13.6. The Morgan fingerprint density at radius 1 is 0.568 bits per heavy atom.